The summed E-state index contributed by atoms with van der Waals surface area (Å²) in [6.45, 7) is 2.25. The van der Waals surface area contributed by atoms with Crippen LogP contribution in [0.1, 0.15) is 5.56 Å². The summed E-state index contributed by atoms with van der Waals surface area (Å²) < 4.78 is 12.2. The first-order chi connectivity index (χ1) is 10.1. The van der Waals surface area contributed by atoms with Gasteiger partial charge in [0.2, 0.25) is 6.54 Å². The Morgan fingerprint density at radius 3 is 2.48 bits per heavy atom. The fraction of sp³-hybridized carbons (Fsp3) is 0.250. The van der Waals surface area contributed by atoms with Crippen LogP contribution in [0.5, 0.6) is 11.5 Å². The quantitative estimate of drug-likeness (QED) is 0.855. The fourth-order valence-electron chi connectivity index (χ4n) is 1.89. The number of benzene rings is 1. The highest BCUT2D eigenvalue weighted by Gasteiger charge is 2.12. The first-order valence-corrected chi connectivity index (χ1v) is 6.60. The molecule has 0 aliphatic heterocycles. The minimum Gasteiger partial charge on any atom is -0.497 e. The number of methoxy groups -OCH3 is 2. The van der Waals surface area contributed by atoms with Gasteiger partial charge >= 0.3 is 0 Å². The number of pyridine rings is 1. The molecule has 0 atom stereocenters. The maximum absolute atomic E-state index is 12.1. The van der Waals surface area contributed by atoms with Crippen LogP contribution in [0, 0.1) is 6.92 Å². The van der Waals surface area contributed by atoms with Gasteiger partial charge in [-0.15, -0.1) is 0 Å². The number of carbonyl (C=O) groups is 1. The van der Waals surface area contributed by atoms with Crippen LogP contribution in [0.3, 0.4) is 0 Å². The molecule has 0 spiro atoms. The van der Waals surface area contributed by atoms with Crippen molar-refractivity contribution in [1.29, 1.82) is 0 Å². The molecule has 5 nitrogen and oxygen atoms in total. The van der Waals surface area contributed by atoms with Crippen molar-refractivity contribution in [3.63, 3.8) is 0 Å². The van der Waals surface area contributed by atoms with Gasteiger partial charge in [-0.05, 0) is 24.6 Å². The van der Waals surface area contributed by atoms with Crippen LogP contribution < -0.4 is 19.4 Å². The fourth-order valence-corrected chi connectivity index (χ4v) is 1.89. The Morgan fingerprint density at radius 2 is 1.86 bits per heavy atom. The van der Waals surface area contributed by atoms with Crippen molar-refractivity contribution in [2.45, 2.75) is 13.5 Å². The van der Waals surface area contributed by atoms with Crippen LogP contribution >= 0.6 is 0 Å². The molecule has 0 saturated carbocycles. The number of hydrogen-bond donors (Lipinski definition) is 1. The molecule has 110 valence electrons. The number of nitrogens with one attached hydrogen (secondary N) is 1. The Hall–Kier alpha value is -2.56. The highest BCUT2D eigenvalue weighted by Crippen LogP contribution is 2.28. The van der Waals surface area contributed by atoms with E-state index in [4.69, 9.17) is 9.47 Å². The van der Waals surface area contributed by atoms with Gasteiger partial charge in [0, 0.05) is 18.2 Å². The average Bonchev–Trinajstić information content (AvgIpc) is 2.50. The van der Waals surface area contributed by atoms with Gasteiger partial charge in [0.25, 0.3) is 5.91 Å². The summed E-state index contributed by atoms with van der Waals surface area (Å²) in [6, 6.07) is 9.18. The third-order valence-corrected chi connectivity index (χ3v) is 3.07. The molecule has 0 fully saturated rings. The van der Waals surface area contributed by atoms with Crippen molar-refractivity contribution in [2.75, 3.05) is 19.5 Å². The summed E-state index contributed by atoms with van der Waals surface area (Å²) in [6.07, 6.45) is 3.75. The van der Waals surface area contributed by atoms with E-state index in [2.05, 4.69) is 5.32 Å². The van der Waals surface area contributed by atoms with Crippen LogP contribution in [-0.2, 0) is 11.3 Å². The van der Waals surface area contributed by atoms with Crippen molar-refractivity contribution < 1.29 is 18.8 Å². The topological polar surface area (TPSA) is 51.4 Å². The smallest absolute Gasteiger partial charge is 0.290 e. The number of aryl methyl sites for hydroxylation is 1. The molecule has 0 saturated heterocycles. The molecule has 1 aromatic carbocycles. The molecule has 2 aromatic rings. The van der Waals surface area contributed by atoms with Gasteiger partial charge in [-0.2, -0.15) is 4.57 Å². The summed E-state index contributed by atoms with van der Waals surface area (Å²) in [5.41, 5.74) is 1.78. The highest BCUT2D eigenvalue weighted by molar-refractivity contribution is 5.91. The molecule has 1 N–H and O–H groups in total. The summed E-state index contributed by atoms with van der Waals surface area (Å²) in [4.78, 5) is 12.1. The van der Waals surface area contributed by atoms with Crippen molar-refractivity contribution in [1.82, 2.24) is 0 Å². The number of rotatable bonds is 5. The first kappa shape index (κ1) is 14.8. The lowest BCUT2D eigenvalue weighted by atomic mass is 10.2. The van der Waals surface area contributed by atoms with Crippen molar-refractivity contribution in [2.24, 2.45) is 0 Å². The largest absolute Gasteiger partial charge is 0.497 e. The first-order valence-electron chi connectivity index (χ1n) is 6.60. The molecule has 0 bridgehead atoms. The Balaban J connectivity index is 2.07. The Bertz CT molecular complexity index is 624. The molecule has 21 heavy (non-hydrogen) atoms. The number of ether oxygens (including phenoxy) is 2. The molecule has 0 unspecified atom stereocenters. The lowest BCUT2D eigenvalue weighted by molar-refractivity contribution is -0.684. The molecular formula is C16H19N2O3+. The van der Waals surface area contributed by atoms with E-state index in [0.717, 1.165) is 5.56 Å². The molecule has 0 aliphatic carbocycles. The standard InChI is InChI=1S/C16H18N2O3/c1-12-6-8-18(9-7-12)11-16(19)17-14-5-4-13(20-2)10-15(14)21-3/h4-10H,11H2,1-3H3/p+1. The molecule has 5 heteroatoms. The van der Waals surface area contributed by atoms with E-state index in [1.807, 2.05) is 36.0 Å². The van der Waals surface area contributed by atoms with Gasteiger partial charge in [0.15, 0.2) is 12.4 Å². The SMILES string of the molecule is COc1ccc(NC(=O)C[n+]2ccc(C)cc2)c(OC)c1. The number of amides is 1. The van der Waals surface area contributed by atoms with Gasteiger partial charge in [-0.1, -0.05) is 0 Å². The Labute approximate surface area is 124 Å². The summed E-state index contributed by atoms with van der Waals surface area (Å²) in [5, 5.41) is 2.84. The molecule has 0 radical (unpaired) electrons. The van der Waals surface area contributed by atoms with Gasteiger partial charge in [-0.3, -0.25) is 4.79 Å². The molecule has 1 amide bonds. The van der Waals surface area contributed by atoms with Crippen molar-refractivity contribution >= 4 is 11.6 Å². The summed E-state index contributed by atoms with van der Waals surface area (Å²) in [7, 11) is 3.14. The second-order valence-electron chi connectivity index (χ2n) is 4.66. The zero-order valence-electron chi connectivity index (χ0n) is 12.4. The Kier molecular flexibility index (Phi) is 4.77. The van der Waals surface area contributed by atoms with Crippen LogP contribution in [0.15, 0.2) is 42.7 Å². The number of hydrogen-bond acceptors (Lipinski definition) is 3. The highest BCUT2D eigenvalue weighted by atomic mass is 16.5. The lowest BCUT2D eigenvalue weighted by Gasteiger charge is -2.10. The van der Waals surface area contributed by atoms with Crippen molar-refractivity contribution in [3.05, 3.63) is 48.3 Å². The van der Waals surface area contributed by atoms with Crippen LogP contribution in [0.2, 0.25) is 0 Å². The van der Waals surface area contributed by atoms with Gasteiger partial charge in [-0.25, -0.2) is 0 Å². The predicted molar refractivity (Wildman–Crippen MR) is 79.5 cm³/mol. The second-order valence-corrected chi connectivity index (χ2v) is 4.66. The summed E-state index contributed by atoms with van der Waals surface area (Å²) in [5.74, 6) is 1.13. The van der Waals surface area contributed by atoms with E-state index in [-0.39, 0.29) is 12.5 Å². The van der Waals surface area contributed by atoms with E-state index in [0.29, 0.717) is 17.2 Å². The molecule has 2 rings (SSSR count). The number of nitrogens with zero attached hydrogens (tertiary/aromatic N) is 1. The van der Waals surface area contributed by atoms with E-state index in [1.54, 1.807) is 32.4 Å². The van der Waals surface area contributed by atoms with Gasteiger partial charge in [0.05, 0.1) is 19.9 Å². The maximum Gasteiger partial charge on any atom is 0.290 e. The summed E-state index contributed by atoms with van der Waals surface area (Å²) >= 11 is 0. The zero-order chi connectivity index (χ0) is 15.2. The zero-order valence-corrected chi connectivity index (χ0v) is 12.4. The van der Waals surface area contributed by atoms with E-state index >= 15 is 0 Å². The minimum absolute atomic E-state index is 0.118. The third-order valence-electron chi connectivity index (χ3n) is 3.07. The number of anilines is 1. The normalized spacial score (nSPS) is 10.0. The average molecular weight is 287 g/mol. The third kappa shape index (κ3) is 3.95. The van der Waals surface area contributed by atoms with E-state index in [1.165, 1.54) is 0 Å². The minimum atomic E-state index is -0.118. The van der Waals surface area contributed by atoms with Gasteiger partial charge in [0.1, 0.15) is 11.5 Å². The molecule has 1 aromatic heterocycles. The Morgan fingerprint density at radius 1 is 1.14 bits per heavy atom. The van der Waals surface area contributed by atoms with E-state index in [9.17, 15) is 4.79 Å². The van der Waals surface area contributed by atoms with E-state index < -0.39 is 0 Å². The number of carbonyl (C=O) groups excluding carboxylic acids is 1. The van der Waals surface area contributed by atoms with Crippen LogP contribution in [-0.4, -0.2) is 20.1 Å². The molecule has 0 aliphatic rings. The monoisotopic (exact) mass is 287 g/mol. The lowest BCUT2D eigenvalue weighted by Crippen LogP contribution is -2.39. The second kappa shape index (κ2) is 6.74. The predicted octanol–water partition coefficient (Wildman–Crippen LogP) is 1.94. The van der Waals surface area contributed by atoms with Gasteiger partial charge < -0.3 is 14.8 Å². The van der Waals surface area contributed by atoms with Crippen LogP contribution in [0.4, 0.5) is 5.69 Å². The maximum atomic E-state index is 12.1. The van der Waals surface area contributed by atoms with Crippen molar-refractivity contribution in [3.8, 4) is 11.5 Å². The van der Waals surface area contributed by atoms with Crippen LogP contribution in [0.25, 0.3) is 0 Å². The molecule has 1 heterocycles. The molecular weight excluding hydrogens is 268 g/mol. The number of aromatic nitrogens is 1.